The molecule has 0 radical (unpaired) electrons. The standard InChI is InChI=1S/C7H8ClF2N3O/c1-11-7-12-2-4(8)6(13-7)14-3-5(9)10/h2,5H,3H2,1H3,(H,11,12,13). The van der Waals surface area contributed by atoms with E-state index in [1.165, 1.54) is 6.20 Å². The summed E-state index contributed by atoms with van der Waals surface area (Å²) < 4.78 is 28.3. The minimum Gasteiger partial charge on any atom is -0.470 e. The average Bonchev–Trinajstić information content (AvgIpc) is 2.16. The molecule has 1 heterocycles. The Morgan fingerprint density at radius 3 is 2.93 bits per heavy atom. The third-order valence-electron chi connectivity index (χ3n) is 1.28. The normalized spacial score (nSPS) is 10.4. The van der Waals surface area contributed by atoms with E-state index in [4.69, 9.17) is 11.6 Å². The van der Waals surface area contributed by atoms with Crippen LogP contribution in [0.15, 0.2) is 6.20 Å². The Labute approximate surface area is 84.3 Å². The minimum atomic E-state index is -2.56. The Morgan fingerprint density at radius 2 is 2.36 bits per heavy atom. The van der Waals surface area contributed by atoms with Crippen molar-refractivity contribution in [2.24, 2.45) is 0 Å². The molecule has 0 fully saturated rings. The highest BCUT2D eigenvalue weighted by atomic mass is 35.5. The third-order valence-corrected chi connectivity index (χ3v) is 1.54. The van der Waals surface area contributed by atoms with Crippen LogP contribution in [0.4, 0.5) is 14.7 Å². The summed E-state index contributed by atoms with van der Waals surface area (Å²) in [5.74, 6) is 0.213. The molecule has 0 aliphatic carbocycles. The first-order chi connectivity index (χ1) is 6.63. The van der Waals surface area contributed by atoms with Crippen LogP contribution in [-0.4, -0.2) is 30.0 Å². The molecule has 0 aromatic carbocycles. The molecule has 0 bridgehead atoms. The lowest BCUT2D eigenvalue weighted by Crippen LogP contribution is -2.09. The van der Waals surface area contributed by atoms with E-state index in [0.29, 0.717) is 0 Å². The van der Waals surface area contributed by atoms with Gasteiger partial charge >= 0.3 is 0 Å². The lowest BCUT2D eigenvalue weighted by molar-refractivity contribution is 0.0796. The van der Waals surface area contributed by atoms with E-state index in [9.17, 15) is 8.78 Å². The second-order valence-corrected chi connectivity index (χ2v) is 2.71. The van der Waals surface area contributed by atoms with E-state index in [1.807, 2.05) is 0 Å². The number of nitrogens with zero attached hydrogens (tertiary/aromatic N) is 2. The summed E-state index contributed by atoms with van der Waals surface area (Å²) in [5.41, 5.74) is 0. The van der Waals surface area contributed by atoms with Gasteiger partial charge in [0.15, 0.2) is 6.61 Å². The largest absolute Gasteiger partial charge is 0.470 e. The highest BCUT2D eigenvalue weighted by Crippen LogP contribution is 2.21. The second kappa shape index (κ2) is 4.90. The zero-order chi connectivity index (χ0) is 10.6. The van der Waals surface area contributed by atoms with E-state index in [1.54, 1.807) is 7.05 Å². The van der Waals surface area contributed by atoms with Gasteiger partial charge in [-0.25, -0.2) is 13.8 Å². The molecule has 0 saturated carbocycles. The minimum absolute atomic E-state index is 0.0497. The summed E-state index contributed by atoms with van der Waals surface area (Å²) in [5, 5.41) is 2.74. The summed E-state index contributed by atoms with van der Waals surface area (Å²) in [6.07, 6.45) is -1.28. The van der Waals surface area contributed by atoms with Crippen molar-refractivity contribution in [3.63, 3.8) is 0 Å². The van der Waals surface area contributed by atoms with Gasteiger partial charge in [-0.3, -0.25) is 0 Å². The average molecular weight is 224 g/mol. The Balaban J connectivity index is 2.73. The van der Waals surface area contributed by atoms with Crippen LogP contribution in [0.25, 0.3) is 0 Å². The number of aromatic nitrogens is 2. The molecule has 7 heteroatoms. The molecule has 0 amide bonds. The molecular formula is C7H8ClF2N3O. The van der Waals surface area contributed by atoms with Gasteiger partial charge in [-0.15, -0.1) is 0 Å². The number of alkyl halides is 2. The molecule has 1 aromatic rings. The number of rotatable bonds is 4. The maximum absolute atomic E-state index is 11.8. The molecule has 1 N–H and O–H groups in total. The second-order valence-electron chi connectivity index (χ2n) is 2.30. The molecule has 0 aliphatic heterocycles. The van der Waals surface area contributed by atoms with Crippen molar-refractivity contribution in [3.8, 4) is 5.88 Å². The Bertz CT molecular complexity index is 311. The predicted molar refractivity (Wildman–Crippen MR) is 48.1 cm³/mol. The fourth-order valence-electron chi connectivity index (χ4n) is 0.715. The van der Waals surface area contributed by atoms with Gasteiger partial charge in [-0.1, -0.05) is 11.6 Å². The molecule has 4 nitrogen and oxygen atoms in total. The van der Waals surface area contributed by atoms with E-state index in [2.05, 4.69) is 20.0 Å². The van der Waals surface area contributed by atoms with Gasteiger partial charge in [0.25, 0.3) is 6.43 Å². The Kier molecular flexibility index (Phi) is 3.82. The van der Waals surface area contributed by atoms with Crippen molar-refractivity contribution in [2.45, 2.75) is 6.43 Å². The van der Waals surface area contributed by atoms with Crippen LogP contribution in [-0.2, 0) is 0 Å². The fourth-order valence-corrected chi connectivity index (χ4v) is 0.861. The van der Waals surface area contributed by atoms with Crippen LogP contribution in [0.5, 0.6) is 5.88 Å². The molecule has 0 unspecified atom stereocenters. The summed E-state index contributed by atoms with van der Waals surface area (Å²) in [4.78, 5) is 7.52. The summed E-state index contributed by atoms with van der Waals surface area (Å²) >= 11 is 5.61. The molecule has 0 spiro atoms. The lowest BCUT2D eigenvalue weighted by atomic mass is 10.6. The highest BCUT2D eigenvalue weighted by molar-refractivity contribution is 6.31. The van der Waals surface area contributed by atoms with Crippen molar-refractivity contribution in [2.75, 3.05) is 19.0 Å². The zero-order valence-corrected chi connectivity index (χ0v) is 8.05. The van der Waals surface area contributed by atoms with Gasteiger partial charge in [-0.2, -0.15) is 4.98 Å². The van der Waals surface area contributed by atoms with Gasteiger partial charge in [-0.05, 0) is 0 Å². The van der Waals surface area contributed by atoms with Crippen molar-refractivity contribution in [1.82, 2.24) is 9.97 Å². The number of anilines is 1. The number of hydrogen-bond donors (Lipinski definition) is 1. The quantitative estimate of drug-likeness (QED) is 0.846. The van der Waals surface area contributed by atoms with Crippen LogP contribution in [0.3, 0.4) is 0 Å². The first kappa shape index (κ1) is 10.9. The van der Waals surface area contributed by atoms with E-state index < -0.39 is 13.0 Å². The van der Waals surface area contributed by atoms with Crippen LogP contribution in [0.2, 0.25) is 5.02 Å². The van der Waals surface area contributed by atoms with E-state index in [-0.39, 0.29) is 16.9 Å². The number of hydrogen-bond acceptors (Lipinski definition) is 4. The lowest BCUT2D eigenvalue weighted by Gasteiger charge is -2.06. The van der Waals surface area contributed by atoms with E-state index in [0.717, 1.165) is 0 Å². The predicted octanol–water partition coefficient (Wildman–Crippen LogP) is 1.82. The van der Waals surface area contributed by atoms with Crippen molar-refractivity contribution in [3.05, 3.63) is 11.2 Å². The zero-order valence-electron chi connectivity index (χ0n) is 7.30. The van der Waals surface area contributed by atoms with Gasteiger partial charge < -0.3 is 10.1 Å². The topological polar surface area (TPSA) is 47.0 Å². The SMILES string of the molecule is CNc1ncc(Cl)c(OCC(F)F)n1. The number of nitrogens with one attached hydrogen (secondary N) is 1. The summed E-state index contributed by atoms with van der Waals surface area (Å²) in [6, 6.07) is 0. The molecule has 0 aliphatic rings. The molecule has 0 atom stereocenters. The van der Waals surface area contributed by atoms with Gasteiger partial charge in [0.1, 0.15) is 5.02 Å². The number of halogens is 3. The summed E-state index contributed by atoms with van der Waals surface area (Å²) in [6.45, 7) is -0.736. The van der Waals surface area contributed by atoms with Gasteiger partial charge in [0.2, 0.25) is 11.8 Å². The maximum atomic E-state index is 11.8. The van der Waals surface area contributed by atoms with Crippen LogP contribution < -0.4 is 10.1 Å². The highest BCUT2D eigenvalue weighted by Gasteiger charge is 2.09. The Hall–Kier alpha value is -1.17. The fraction of sp³-hybridized carbons (Fsp3) is 0.429. The van der Waals surface area contributed by atoms with Crippen molar-refractivity contribution < 1.29 is 13.5 Å². The smallest absolute Gasteiger partial charge is 0.272 e. The van der Waals surface area contributed by atoms with Crippen LogP contribution in [0, 0.1) is 0 Å². The first-order valence-electron chi connectivity index (χ1n) is 3.74. The van der Waals surface area contributed by atoms with E-state index >= 15 is 0 Å². The van der Waals surface area contributed by atoms with Crippen LogP contribution in [0.1, 0.15) is 0 Å². The van der Waals surface area contributed by atoms with Crippen molar-refractivity contribution in [1.29, 1.82) is 0 Å². The van der Waals surface area contributed by atoms with Gasteiger partial charge in [0, 0.05) is 7.05 Å². The summed E-state index contributed by atoms with van der Waals surface area (Å²) in [7, 11) is 1.60. The monoisotopic (exact) mass is 223 g/mol. The molecular weight excluding hydrogens is 216 g/mol. The van der Waals surface area contributed by atoms with Crippen LogP contribution >= 0.6 is 11.6 Å². The van der Waals surface area contributed by atoms with Gasteiger partial charge in [0.05, 0.1) is 6.20 Å². The molecule has 14 heavy (non-hydrogen) atoms. The Morgan fingerprint density at radius 1 is 1.64 bits per heavy atom. The third kappa shape index (κ3) is 2.95. The number of ether oxygens (including phenoxy) is 1. The molecule has 78 valence electrons. The molecule has 1 rings (SSSR count). The van der Waals surface area contributed by atoms with Crippen molar-refractivity contribution >= 4 is 17.5 Å². The first-order valence-corrected chi connectivity index (χ1v) is 4.12. The maximum Gasteiger partial charge on any atom is 0.272 e. The molecule has 1 aromatic heterocycles. The molecule has 0 saturated heterocycles.